The minimum absolute atomic E-state index is 0.0338. The lowest BCUT2D eigenvalue weighted by Crippen LogP contribution is -2.57. The smallest absolute Gasteiger partial charge is 0.302 e. The SMILES string of the molecule is CCCNS(=O)(=O)c1cc(N=NC2C(=O)NC(=O)NC2=O)ccc1-c1ccc(N=NC2C(=O)NC(=O)NC2=O)cc1S(=O)O. The van der Waals surface area contributed by atoms with Crippen LogP contribution < -0.4 is 26.0 Å². The molecule has 230 valence electrons. The Bertz CT molecular complexity index is 1750. The fourth-order valence-corrected chi connectivity index (χ4v) is 5.71. The second-order valence-corrected chi connectivity index (χ2v) is 11.5. The van der Waals surface area contributed by atoms with E-state index in [-0.39, 0.29) is 33.9 Å². The van der Waals surface area contributed by atoms with Gasteiger partial charge >= 0.3 is 12.1 Å². The molecule has 2 aromatic rings. The Hall–Kier alpha value is -5.12. The lowest BCUT2D eigenvalue weighted by Gasteiger charge is -2.17. The summed E-state index contributed by atoms with van der Waals surface area (Å²) >= 11 is -2.72. The van der Waals surface area contributed by atoms with Crippen LogP contribution in [0.1, 0.15) is 13.3 Å². The Kier molecular flexibility index (Phi) is 9.42. The summed E-state index contributed by atoms with van der Waals surface area (Å²) in [5.41, 5.74) is -0.307. The predicted molar refractivity (Wildman–Crippen MR) is 146 cm³/mol. The Labute approximate surface area is 249 Å². The quantitative estimate of drug-likeness (QED) is 0.116. The van der Waals surface area contributed by atoms with E-state index in [0.717, 1.165) is 12.1 Å². The zero-order chi connectivity index (χ0) is 32.2. The Morgan fingerprint density at radius 3 is 1.68 bits per heavy atom. The second kappa shape index (κ2) is 13.0. The molecule has 0 bridgehead atoms. The summed E-state index contributed by atoms with van der Waals surface area (Å²) in [6.45, 7) is 1.76. The van der Waals surface area contributed by atoms with Gasteiger partial charge in [0.05, 0.1) is 21.2 Å². The molecule has 1 atom stereocenters. The van der Waals surface area contributed by atoms with Crippen LogP contribution in [0.5, 0.6) is 0 Å². The maximum Gasteiger partial charge on any atom is 0.328 e. The van der Waals surface area contributed by atoms with Crippen LogP contribution in [0.4, 0.5) is 21.0 Å². The maximum atomic E-state index is 13.3. The van der Waals surface area contributed by atoms with Crippen molar-refractivity contribution in [2.45, 2.75) is 35.2 Å². The minimum atomic E-state index is -4.28. The first-order valence-corrected chi connectivity index (χ1v) is 14.9. The van der Waals surface area contributed by atoms with Crippen LogP contribution in [0, 0.1) is 0 Å². The molecule has 4 rings (SSSR count). The van der Waals surface area contributed by atoms with E-state index >= 15 is 0 Å². The number of benzene rings is 2. The lowest BCUT2D eigenvalue weighted by atomic mass is 10.0. The summed E-state index contributed by atoms with van der Waals surface area (Å²) in [4.78, 5) is 69.5. The minimum Gasteiger partial charge on any atom is -0.302 e. The van der Waals surface area contributed by atoms with Crippen molar-refractivity contribution >= 4 is 68.2 Å². The molecule has 2 heterocycles. The van der Waals surface area contributed by atoms with Crippen molar-refractivity contribution in [3.05, 3.63) is 36.4 Å². The molecule has 0 radical (unpaired) electrons. The van der Waals surface area contributed by atoms with Gasteiger partial charge in [-0.1, -0.05) is 19.1 Å². The molecular formula is C23H21N9O10S2. The number of carbonyl (C=O) groups excluding carboxylic acids is 6. The third-order valence-corrected chi connectivity index (χ3v) is 7.97. The molecule has 0 aromatic heterocycles. The summed E-state index contributed by atoms with van der Waals surface area (Å²) < 4.78 is 51.3. The normalized spacial score (nSPS) is 17.5. The van der Waals surface area contributed by atoms with Gasteiger partial charge in [0, 0.05) is 17.7 Å². The van der Waals surface area contributed by atoms with Crippen LogP contribution in [0.15, 0.2) is 66.6 Å². The molecule has 6 N–H and O–H groups in total. The molecule has 1 unspecified atom stereocenters. The van der Waals surface area contributed by atoms with E-state index in [1.54, 1.807) is 6.92 Å². The van der Waals surface area contributed by atoms with Gasteiger partial charge in [-0.3, -0.25) is 40.4 Å². The zero-order valence-corrected chi connectivity index (χ0v) is 23.9. The van der Waals surface area contributed by atoms with Gasteiger partial charge < -0.3 is 4.55 Å². The molecule has 19 nitrogen and oxygen atoms in total. The second-order valence-electron chi connectivity index (χ2n) is 8.86. The number of hydrogen-bond acceptors (Lipinski definition) is 13. The van der Waals surface area contributed by atoms with E-state index in [1.807, 2.05) is 21.3 Å². The molecule has 2 saturated heterocycles. The van der Waals surface area contributed by atoms with Gasteiger partial charge in [-0.2, -0.15) is 20.5 Å². The molecule has 0 spiro atoms. The average molecular weight is 648 g/mol. The number of azo groups is 2. The molecule has 2 aliphatic rings. The first-order valence-electron chi connectivity index (χ1n) is 12.3. The van der Waals surface area contributed by atoms with Gasteiger partial charge in [-0.15, -0.1) is 0 Å². The highest BCUT2D eigenvalue weighted by Gasteiger charge is 2.35. The van der Waals surface area contributed by atoms with E-state index in [0.29, 0.717) is 6.42 Å². The van der Waals surface area contributed by atoms with E-state index in [1.165, 1.54) is 24.3 Å². The number of hydrogen-bond donors (Lipinski definition) is 6. The van der Waals surface area contributed by atoms with E-state index in [4.69, 9.17) is 0 Å². The molecular weight excluding hydrogens is 626 g/mol. The van der Waals surface area contributed by atoms with Crippen LogP contribution in [0.25, 0.3) is 11.1 Å². The molecule has 0 saturated carbocycles. The topological polar surface area (TPSA) is 283 Å². The number of sulfonamides is 1. The first kappa shape index (κ1) is 31.8. The molecule has 2 fully saturated rings. The number of imide groups is 4. The Balaban J connectivity index is 1.74. The number of carbonyl (C=O) groups is 6. The summed E-state index contributed by atoms with van der Waals surface area (Å²) in [7, 11) is -4.28. The van der Waals surface area contributed by atoms with E-state index in [9.17, 15) is 45.9 Å². The average Bonchev–Trinajstić information content (AvgIpc) is 2.95. The fourth-order valence-electron chi connectivity index (χ4n) is 3.75. The molecule has 0 aliphatic carbocycles. The third-order valence-electron chi connectivity index (χ3n) is 5.76. The molecule has 2 aromatic carbocycles. The number of nitrogens with one attached hydrogen (secondary N) is 5. The number of barbiturate groups is 2. The number of nitrogens with zero attached hydrogens (tertiary/aromatic N) is 4. The van der Waals surface area contributed by atoms with Crippen molar-refractivity contribution in [2.24, 2.45) is 20.5 Å². The van der Waals surface area contributed by atoms with Crippen molar-refractivity contribution in [1.29, 1.82) is 0 Å². The van der Waals surface area contributed by atoms with E-state index < -0.39 is 73.8 Å². The number of amides is 8. The molecule has 44 heavy (non-hydrogen) atoms. The summed E-state index contributed by atoms with van der Waals surface area (Å²) in [5.74, 6) is -4.14. The van der Waals surface area contributed by atoms with Crippen LogP contribution in [0.2, 0.25) is 0 Å². The molecule has 8 amide bonds. The van der Waals surface area contributed by atoms with Crippen LogP contribution in [0.3, 0.4) is 0 Å². The van der Waals surface area contributed by atoms with Gasteiger partial charge in [0.2, 0.25) is 22.1 Å². The maximum absolute atomic E-state index is 13.3. The van der Waals surface area contributed by atoms with Crippen molar-refractivity contribution < 1.29 is 45.9 Å². The highest BCUT2D eigenvalue weighted by Crippen LogP contribution is 2.36. The van der Waals surface area contributed by atoms with Crippen LogP contribution in [-0.4, -0.2) is 71.5 Å². The monoisotopic (exact) mass is 647 g/mol. The van der Waals surface area contributed by atoms with Gasteiger partial charge in [0.15, 0.2) is 11.1 Å². The van der Waals surface area contributed by atoms with Gasteiger partial charge in [-0.05, 0) is 30.7 Å². The van der Waals surface area contributed by atoms with E-state index in [2.05, 4.69) is 25.2 Å². The van der Waals surface area contributed by atoms with Crippen molar-refractivity contribution in [2.75, 3.05) is 6.54 Å². The lowest BCUT2D eigenvalue weighted by molar-refractivity contribution is -0.133. The summed E-state index contributed by atoms with van der Waals surface area (Å²) in [5, 5.41) is 22.1. The van der Waals surface area contributed by atoms with Crippen molar-refractivity contribution in [3.63, 3.8) is 0 Å². The van der Waals surface area contributed by atoms with Crippen LogP contribution >= 0.6 is 0 Å². The molecule has 2 aliphatic heterocycles. The zero-order valence-electron chi connectivity index (χ0n) is 22.3. The van der Waals surface area contributed by atoms with Gasteiger partial charge in [0.25, 0.3) is 23.6 Å². The number of urea groups is 2. The van der Waals surface area contributed by atoms with Gasteiger partial charge in [0.1, 0.15) is 0 Å². The van der Waals surface area contributed by atoms with Crippen molar-refractivity contribution in [1.82, 2.24) is 26.0 Å². The summed E-state index contributed by atoms with van der Waals surface area (Å²) in [6.07, 6.45) is 0.426. The Morgan fingerprint density at radius 2 is 1.23 bits per heavy atom. The Morgan fingerprint density at radius 1 is 0.773 bits per heavy atom. The standard InChI is InChI=1S/C23H21N9O10S2/c1-2-7-24-44(41,42)15-9-11(30-32-17-20(35)27-23(38)28-21(17)36)4-6-13(15)12-5-3-10(8-14(12)43(39)40)29-31-16-18(33)25-22(37)26-19(16)34/h3-6,8-9,16-17,24H,2,7H2,1H3,(H,39,40)(H2,25,26,33,34,37)(H2,27,28,35,36,38). The van der Waals surface area contributed by atoms with Crippen LogP contribution in [-0.2, 0) is 40.3 Å². The highest BCUT2D eigenvalue weighted by molar-refractivity contribution is 7.89. The highest BCUT2D eigenvalue weighted by atomic mass is 32.2. The fraction of sp³-hybridized carbons (Fsp3) is 0.217. The predicted octanol–water partition coefficient (Wildman–Crippen LogP) is 0.259. The first-order chi connectivity index (χ1) is 20.8. The molecule has 21 heteroatoms. The number of rotatable bonds is 10. The van der Waals surface area contributed by atoms with Gasteiger partial charge in [-0.25, -0.2) is 26.9 Å². The third kappa shape index (κ3) is 7.08. The summed E-state index contributed by atoms with van der Waals surface area (Å²) in [6, 6.07) is 1.69. The largest absolute Gasteiger partial charge is 0.328 e. The van der Waals surface area contributed by atoms with Crippen molar-refractivity contribution in [3.8, 4) is 11.1 Å².